The number of halogens is 2. The average Bonchev–Trinajstić information content (AvgIpc) is 3.55. The van der Waals surface area contributed by atoms with E-state index in [-0.39, 0.29) is 30.2 Å². The molecule has 0 spiro atoms. The van der Waals surface area contributed by atoms with E-state index in [1.54, 1.807) is 23.3 Å². The van der Waals surface area contributed by atoms with Crippen LogP contribution in [0.15, 0.2) is 103 Å². The molecule has 0 N–H and O–H groups in total. The van der Waals surface area contributed by atoms with Crippen molar-refractivity contribution in [1.29, 1.82) is 0 Å². The van der Waals surface area contributed by atoms with Gasteiger partial charge in [0.25, 0.3) is 0 Å². The minimum absolute atomic E-state index is 0. The molecule has 0 heterocycles. The van der Waals surface area contributed by atoms with Crippen molar-refractivity contribution >= 4 is 27.0 Å². The van der Waals surface area contributed by atoms with Crippen molar-refractivity contribution in [3.05, 3.63) is 131 Å². The van der Waals surface area contributed by atoms with E-state index in [4.69, 9.17) is 0 Å². The van der Waals surface area contributed by atoms with E-state index in [9.17, 15) is 0 Å². The van der Waals surface area contributed by atoms with Crippen molar-refractivity contribution in [3.63, 3.8) is 0 Å². The molecule has 0 aliphatic rings. The summed E-state index contributed by atoms with van der Waals surface area (Å²) in [7, 11) is 0. The molecule has 0 nitrogen and oxygen atoms in total. The van der Waals surface area contributed by atoms with Crippen LogP contribution in [0.5, 0.6) is 0 Å². The molecule has 222 valence electrons. The summed E-state index contributed by atoms with van der Waals surface area (Å²) in [5.74, 6) is 0.584. The number of benzene rings is 4. The van der Waals surface area contributed by atoms with Gasteiger partial charge in [-0.15, -0.1) is 68.6 Å². The van der Waals surface area contributed by atoms with Gasteiger partial charge in [-0.05, 0) is 36.5 Å². The molecule has 0 saturated carbocycles. The number of aryl methyl sites for hydroxylation is 4. The van der Waals surface area contributed by atoms with Gasteiger partial charge in [-0.1, -0.05) is 105 Å². The van der Waals surface area contributed by atoms with Crippen LogP contribution in [0.25, 0.3) is 43.8 Å². The number of hydrogen-bond donors (Lipinski definition) is 0. The second-order valence-corrected chi connectivity index (χ2v) is 21.1. The Hall–Kier alpha value is -2.22. The zero-order chi connectivity index (χ0) is 29.7. The maximum atomic E-state index is 2.34. The Morgan fingerprint density at radius 2 is 1.28 bits per heavy atom. The Morgan fingerprint density at radius 1 is 0.628 bits per heavy atom. The number of hydrogen-bond acceptors (Lipinski definition) is 0. The summed E-state index contributed by atoms with van der Waals surface area (Å²) >= 11 is 1.74. The summed E-state index contributed by atoms with van der Waals surface area (Å²) in [4.78, 5) is 0. The van der Waals surface area contributed by atoms with Crippen LogP contribution in [0, 0.1) is 27.7 Å². The molecule has 6 aromatic rings. The predicted octanol–water partition coefficient (Wildman–Crippen LogP) is 5.60. The van der Waals surface area contributed by atoms with Crippen LogP contribution < -0.4 is 24.8 Å². The van der Waals surface area contributed by atoms with E-state index in [0.717, 1.165) is 0 Å². The van der Waals surface area contributed by atoms with E-state index in [1.165, 1.54) is 71.6 Å². The normalized spacial score (nSPS) is 10.3. The minimum Gasteiger partial charge on any atom is -1.00 e. The summed E-state index contributed by atoms with van der Waals surface area (Å²) in [6, 6.07) is 37.6. The van der Waals surface area contributed by atoms with Crippen LogP contribution in [0.3, 0.4) is 0 Å². The van der Waals surface area contributed by atoms with Crippen LogP contribution in [0.1, 0.15) is 47.6 Å². The third-order valence-corrected chi connectivity index (χ3v) is 7.46. The van der Waals surface area contributed by atoms with Crippen molar-refractivity contribution in [1.82, 2.24) is 0 Å². The topological polar surface area (TPSA) is 0 Å². The first-order chi connectivity index (χ1) is 19.5. The molecule has 0 aromatic heterocycles. The Labute approximate surface area is 286 Å². The molecule has 0 aliphatic heterocycles. The zero-order valence-corrected chi connectivity index (χ0v) is 31.6. The van der Waals surface area contributed by atoms with Crippen LogP contribution in [0.2, 0.25) is 13.1 Å². The largest absolute Gasteiger partial charge is 1.00 e. The maximum absolute atomic E-state index is 2.34. The van der Waals surface area contributed by atoms with Gasteiger partial charge in [0.05, 0.1) is 0 Å². The molecule has 0 amide bonds. The second-order valence-electron chi connectivity index (χ2n) is 11.7. The molecule has 4 heteroatoms. The van der Waals surface area contributed by atoms with E-state index < -0.39 is 0 Å². The van der Waals surface area contributed by atoms with Crippen LogP contribution >= 0.6 is 0 Å². The van der Waals surface area contributed by atoms with E-state index in [2.05, 4.69) is 158 Å². The predicted molar refractivity (Wildman–Crippen MR) is 180 cm³/mol. The van der Waals surface area contributed by atoms with Crippen molar-refractivity contribution in [2.45, 2.75) is 60.6 Å². The third-order valence-electron chi connectivity index (χ3n) is 7.46. The summed E-state index contributed by atoms with van der Waals surface area (Å²) in [6.07, 6.45) is 0. The van der Waals surface area contributed by atoms with Crippen molar-refractivity contribution < 1.29 is 48.1 Å². The molecular formula is C39H42Cl2SiZr-2. The van der Waals surface area contributed by atoms with Crippen molar-refractivity contribution in [3.8, 4) is 22.3 Å². The van der Waals surface area contributed by atoms with Crippen LogP contribution in [0.4, 0.5) is 0 Å². The fraction of sp³-hybridized carbons (Fsp3) is 0.231. The van der Waals surface area contributed by atoms with Gasteiger partial charge in [0.1, 0.15) is 0 Å². The number of fused-ring (bicyclic) bond motifs is 2. The monoisotopic (exact) mass is 698 g/mol. The van der Waals surface area contributed by atoms with Crippen molar-refractivity contribution in [2.24, 2.45) is 0 Å². The Balaban J connectivity index is 0.000000257. The maximum Gasteiger partial charge on any atom is -0.0247 e. The summed E-state index contributed by atoms with van der Waals surface area (Å²) < 4.78 is 0. The summed E-state index contributed by atoms with van der Waals surface area (Å²) in [6.45, 7) is 17.8. The first kappa shape index (κ1) is 37.0. The molecule has 0 bridgehead atoms. The fourth-order valence-corrected chi connectivity index (χ4v) is 5.31. The van der Waals surface area contributed by atoms with Gasteiger partial charge in [0, 0.05) is 0 Å². The first-order valence-electron chi connectivity index (χ1n) is 14.6. The van der Waals surface area contributed by atoms with Gasteiger partial charge in [-0.3, -0.25) is 0 Å². The molecule has 0 aliphatic carbocycles. The third kappa shape index (κ3) is 9.39. The summed E-state index contributed by atoms with van der Waals surface area (Å²) in [5.41, 5.74) is 12.3. The molecule has 43 heavy (non-hydrogen) atoms. The van der Waals surface area contributed by atoms with Gasteiger partial charge in [-0.2, -0.15) is 12.1 Å². The molecule has 0 radical (unpaired) electrons. The Bertz CT molecular complexity index is 1790. The van der Waals surface area contributed by atoms with Crippen LogP contribution in [-0.2, 0) is 23.3 Å². The quantitative estimate of drug-likeness (QED) is 0.167. The minimum atomic E-state index is 0. The molecule has 0 unspecified atom stereocenters. The van der Waals surface area contributed by atoms with Gasteiger partial charge in [0.2, 0.25) is 0 Å². The standard InChI is InChI=1S/C19H19.C18H17.C2H6Si.2ClH.Zr/c1-12-5-6-14(3)17(9-12)16-8-7-15(4)18-10-13(2)11-19(16)18;1-13(2)16-11-15-9-6-10-17(18(15)12-16)14-7-4-3-5-8-14;1-3-2;;;/h5-11H,1-4H3;3-13H,1-2H3;1-2H3;2*1H;/q2*-1;;;;+2/p-2. The van der Waals surface area contributed by atoms with Gasteiger partial charge >= 0.3 is 41.9 Å². The zero-order valence-electron chi connectivity index (χ0n) is 26.6. The molecule has 0 atom stereocenters. The van der Waals surface area contributed by atoms with Crippen molar-refractivity contribution in [2.75, 3.05) is 0 Å². The first-order valence-corrected chi connectivity index (χ1v) is 20.7. The smallest absolute Gasteiger partial charge is 0.0247 e. The fourth-order valence-electron chi connectivity index (χ4n) is 5.31. The second kappa shape index (κ2) is 16.7. The average molecular weight is 701 g/mol. The van der Waals surface area contributed by atoms with E-state index in [0.29, 0.717) is 5.92 Å². The molecular weight excluding hydrogens is 659 g/mol. The SMILES string of the molecule is CC(C)c1cc2c(-c3ccccc3)cccc2[cH-]1.C[Si](C)=[Zr+2].Cc1ccc(C)c(-c2ccc(C)c3[cH-]c(C)cc23)c1.[Cl-].[Cl-]. The summed E-state index contributed by atoms with van der Waals surface area (Å²) in [5, 5.41) is 5.48. The van der Waals surface area contributed by atoms with Gasteiger partial charge in [0.15, 0.2) is 0 Å². The van der Waals surface area contributed by atoms with E-state index in [1.807, 2.05) is 0 Å². The molecule has 0 saturated heterocycles. The number of rotatable bonds is 3. The van der Waals surface area contributed by atoms with E-state index >= 15 is 0 Å². The Morgan fingerprint density at radius 3 is 1.93 bits per heavy atom. The molecule has 0 fully saturated rings. The van der Waals surface area contributed by atoms with Crippen LogP contribution in [-0.4, -0.2) is 5.43 Å². The molecule has 6 aromatic carbocycles. The van der Waals surface area contributed by atoms with Gasteiger partial charge in [-0.25, -0.2) is 0 Å². The molecule has 6 rings (SSSR count). The van der Waals surface area contributed by atoms with Gasteiger partial charge < -0.3 is 24.8 Å². The Kier molecular flexibility index (Phi) is 14.4.